The molecule has 0 aliphatic heterocycles. The molecule has 1 rings (SSSR count). The number of hydrogen-bond acceptors (Lipinski definition) is 1. The molecule has 54 valence electrons. The smallest absolute Gasteiger partial charge is 0.257 e. The van der Waals surface area contributed by atoms with Crippen LogP contribution in [0.4, 0.5) is 4.39 Å². The van der Waals surface area contributed by atoms with Crippen LogP contribution in [0.3, 0.4) is 0 Å². The van der Waals surface area contributed by atoms with Crippen molar-refractivity contribution >= 4 is 5.91 Å². The van der Waals surface area contributed by atoms with E-state index >= 15 is 0 Å². The molecule has 1 saturated carbocycles. The van der Waals surface area contributed by atoms with Crippen LogP contribution in [0.15, 0.2) is 0 Å². The summed E-state index contributed by atoms with van der Waals surface area (Å²) < 4.78 is 12.7. The van der Waals surface area contributed by atoms with E-state index in [0.29, 0.717) is 19.4 Å². The molecule has 0 atom stereocenters. The Morgan fingerprint density at radius 3 is 2.78 bits per heavy atom. The summed E-state index contributed by atoms with van der Waals surface area (Å²) in [5.74, 6) is -0.440. The third kappa shape index (κ3) is 1.20. The van der Waals surface area contributed by atoms with E-state index in [4.69, 9.17) is 0 Å². The van der Waals surface area contributed by atoms with Crippen molar-refractivity contribution in [2.24, 2.45) is 0 Å². The molecule has 0 heterocycles. The number of carbonyl (C=O) groups excluding carboxylic acids is 1. The third-order valence-electron chi connectivity index (χ3n) is 1.43. The van der Waals surface area contributed by atoms with E-state index in [2.05, 4.69) is 5.32 Å². The van der Waals surface area contributed by atoms with E-state index in [1.165, 1.54) is 0 Å². The molecule has 0 aromatic carbocycles. The van der Waals surface area contributed by atoms with Gasteiger partial charge in [-0.15, -0.1) is 0 Å². The SMILES string of the molecule is CCNC(=O)C1(F)CC1.[HH]. The fourth-order valence-electron chi connectivity index (χ4n) is 0.656. The largest absolute Gasteiger partial charge is 0.354 e. The van der Waals surface area contributed by atoms with Gasteiger partial charge >= 0.3 is 0 Å². The van der Waals surface area contributed by atoms with Crippen LogP contribution in [0, 0.1) is 0 Å². The van der Waals surface area contributed by atoms with Gasteiger partial charge < -0.3 is 5.32 Å². The second kappa shape index (κ2) is 1.97. The molecule has 0 unspecified atom stereocenters. The molecule has 1 aliphatic carbocycles. The van der Waals surface area contributed by atoms with Gasteiger partial charge in [-0.1, -0.05) is 0 Å². The highest BCUT2D eigenvalue weighted by molar-refractivity contribution is 5.87. The Morgan fingerprint density at radius 1 is 1.89 bits per heavy atom. The van der Waals surface area contributed by atoms with Gasteiger partial charge in [0.1, 0.15) is 0 Å². The molecule has 9 heavy (non-hydrogen) atoms. The van der Waals surface area contributed by atoms with Gasteiger partial charge in [-0.05, 0) is 19.8 Å². The highest BCUT2D eigenvalue weighted by Gasteiger charge is 2.50. The first-order valence-corrected chi connectivity index (χ1v) is 3.16. The number of rotatable bonds is 2. The zero-order valence-electron chi connectivity index (χ0n) is 5.41. The number of halogens is 1. The van der Waals surface area contributed by atoms with Crippen molar-refractivity contribution in [2.75, 3.05) is 6.54 Å². The summed E-state index contributed by atoms with van der Waals surface area (Å²) in [7, 11) is 0. The van der Waals surface area contributed by atoms with Crippen LogP contribution in [-0.2, 0) is 4.79 Å². The van der Waals surface area contributed by atoms with Crippen LogP contribution in [0.5, 0.6) is 0 Å². The molecule has 0 aromatic rings. The molecular weight excluding hydrogens is 121 g/mol. The lowest BCUT2D eigenvalue weighted by Gasteiger charge is -2.02. The first kappa shape index (κ1) is 6.52. The Bertz CT molecular complexity index is 136. The summed E-state index contributed by atoms with van der Waals surface area (Å²) in [6.45, 7) is 2.30. The molecule has 3 heteroatoms. The number of nitrogens with one attached hydrogen (secondary N) is 1. The molecule has 0 bridgehead atoms. The zero-order chi connectivity index (χ0) is 6.91. The maximum atomic E-state index is 12.7. The molecule has 1 fully saturated rings. The number of amides is 1. The van der Waals surface area contributed by atoms with Crippen LogP contribution >= 0.6 is 0 Å². The normalized spacial score (nSPS) is 21.1. The minimum atomic E-state index is -1.49. The average Bonchev–Trinajstić information content (AvgIpc) is 2.50. The number of hydrogen-bond donors (Lipinski definition) is 1. The lowest BCUT2D eigenvalue weighted by Crippen LogP contribution is -2.32. The molecule has 2 nitrogen and oxygen atoms in total. The van der Waals surface area contributed by atoms with Gasteiger partial charge in [-0.3, -0.25) is 4.79 Å². The van der Waals surface area contributed by atoms with Crippen LogP contribution < -0.4 is 5.32 Å². The third-order valence-corrected chi connectivity index (χ3v) is 1.43. The standard InChI is InChI=1S/C6H10FNO.H2/c1-2-8-5(9)6(7)3-4-6;/h2-4H2,1H3,(H,8,9);1H. The fourth-order valence-corrected chi connectivity index (χ4v) is 0.656. The summed E-state index contributed by atoms with van der Waals surface area (Å²) in [4.78, 5) is 10.6. The quantitative estimate of drug-likeness (QED) is 0.595. The minimum absolute atomic E-state index is 0. The van der Waals surface area contributed by atoms with E-state index in [0.717, 1.165) is 0 Å². The summed E-state index contributed by atoms with van der Waals surface area (Å²) in [5.41, 5.74) is -1.49. The maximum absolute atomic E-state index is 12.7. The molecule has 1 aliphatic rings. The molecule has 1 amide bonds. The van der Waals surface area contributed by atoms with Crippen LogP contribution in [0.1, 0.15) is 21.2 Å². The van der Waals surface area contributed by atoms with Crippen LogP contribution in [0.2, 0.25) is 0 Å². The van der Waals surface area contributed by atoms with E-state index < -0.39 is 11.6 Å². The van der Waals surface area contributed by atoms with Crippen molar-refractivity contribution in [3.8, 4) is 0 Å². The van der Waals surface area contributed by atoms with E-state index in [1.807, 2.05) is 0 Å². The summed E-state index contributed by atoms with van der Waals surface area (Å²) in [6.07, 6.45) is 0.803. The molecule has 0 aromatic heterocycles. The van der Waals surface area contributed by atoms with Crippen molar-refractivity contribution < 1.29 is 10.6 Å². The van der Waals surface area contributed by atoms with Gasteiger partial charge in [-0.25, -0.2) is 4.39 Å². The fraction of sp³-hybridized carbons (Fsp3) is 0.833. The first-order valence-electron chi connectivity index (χ1n) is 3.16. The monoisotopic (exact) mass is 133 g/mol. The Morgan fingerprint density at radius 2 is 2.44 bits per heavy atom. The van der Waals surface area contributed by atoms with Crippen molar-refractivity contribution in [2.45, 2.75) is 25.4 Å². The van der Waals surface area contributed by atoms with E-state index in [-0.39, 0.29) is 1.43 Å². The van der Waals surface area contributed by atoms with Crippen molar-refractivity contribution in [3.63, 3.8) is 0 Å². The van der Waals surface area contributed by atoms with Crippen molar-refractivity contribution in [1.82, 2.24) is 5.32 Å². The molecular formula is C6H12FNO. The van der Waals surface area contributed by atoms with Gasteiger partial charge in [0.2, 0.25) is 0 Å². The lowest BCUT2D eigenvalue weighted by atomic mass is 10.3. The minimum Gasteiger partial charge on any atom is -0.354 e. The first-order chi connectivity index (χ1) is 4.19. The molecule has 0 saturated heterocycles. The molecule has 0 radical (unpaired) electrons. The number of carbonyl (C=O) groups is 1. The maximum Gasteiger partial charge on any atom is 0.257 e. The van der Waals surface area contributed by atoms with Gasteiger partial charge in [0, 0.05) is 7.97 Å². The van der Waals surface area contributed by atoms with Gasteiger partial charge in [0.25, 0.3) is 5.91 Å². The summed E-state index contributed by atoms with van der Waals surface area (Å²) >= 11 is 0. The Kier molecular flexibility index (Phi) is 1.43. The van der Waals surface area contributed by atoms with Crippen LogP contribution in [-0.4, -0.2) is 18.1 Å². The average molecular weight is 133 g/mol. The van der Waals surface area contributed by atoms with Gasteiger partial charge in [0.15, 0.2) is 5.67 Å². The number of alkyl halides is 1. The van der Waals surface area contributed by atoms with Crippen molar-refractivity contribution in [3.05, 3.63) is 0 Å². The van der Waals surface area contributed by atoms with Gasteiger partial charge in [0.05, 0.1) is 0 Å². The Balaban J connectivity index is 0.000000810. The van der Waals surface area contributed by atoms with Gasteiger partial charge in [-0.2, -0.15) is 0 Å². The highest BCUT2D eigenvalue weighted by Crippen LogP contribution is 2.39. The zero-order valence-corrected chi connectivity index (χ0v) is 5.41. The van der Waals surface area contributed by atoms with E-state index in [1.54, 1.807) is 6.92 Å². The Hall–Kier alpha value is -0.600. The second-order valence-corrected chi connectivity index (χ2v) is 2.32. The van der Waals surface area contributed by atoms with Crippen molar-refractivity contribution in [1.29, 1.82) is 0 Å². The predicted octanol–water partition coefficient (Wildman–Crippen LogP) is 0.871. The van der Waals surface area contributed by atoms with E-state index in [9.17, 15) is 9.18 Å². The predicted molar refractivity (Wildman–Crippen MR) is 33.9 cm³/mol. The summed E-state index contributed by atoms with van der Waals surface area (Å²) in [6, 6.07) is 0. The Labute approximate surface area is 54.9 Å². The molecule has 1 N–H and O–H groups in total. The summed E-state index contributed by atoms with van der Waals surface area (Å²) in [5, 5.41) is 2.43. The highest BCUT2D eigenvalue weighted by atomic mass is 19.1. The molecule has 0 spiro atoms. The second-order valence-electron chi connectivity index (χ2n) is 2.32. The van der Waals surface area contributed by atoms with Crippen LogP contribution in [0.25, 0.3) is 0 Å². The topological polar surface area (TPSA) is 29.1 Å². The lowest BCUT2D eigenvalue weighted by molar-refractivity contribution is -0.127.